The summed E-state index contributed by atoms with van der Waals surface area (Å²) in [5.74, 6) is -0.122. The van der Waals surface area contributed by atoms with Gasteiger partial charge >= 0.3 is 19.4 Å². The standard InChI is InChI=1S/C25H30N2O7P/c1-18(24(28)32-17-25(2,3)4)26-35(30,33-21-15-13-20(14-16-21)27(29)31-5)34-23-12-8-10-19-9-6-7-11-22(19)23/h6-16,18H,17H2,1-5H3,(H,26,30)/q+1. The summed E-state index contributed by atoms with van der Waals surface area (Å²) in [4.78, 5) is 29.1. The van der Waals surface area contributed by atoms with Crippen LogP contribution in [0.2, 0.25) is 0 Å². The summed E-state index contributed by atoms with van der Waals surface area (Å²) in [6.07, 6.45) is 0. The molecule has 0 heterocycles. The van der Waals surface area contributed by atoms with Crippen LogP contribution in [-0.2, 0) is 18.9 Å². The Hall–Kier alpha value is -3.42. The lowest BCUT2D eigenvalue weighted by Gasteiger charge is -2.24. The second kappa shape index (κ2) is 10.9. The van der Waals surface area contributed by atoms with Crippen LogP contribution in [0.4, 0.5) is 5.69 Å². The van der Waals surface area contributed by atoms with Crippen molar-refractivity contribution < 1.29 is 32.9 Å². The van der Waals surface area contributed by atoms with Crippen LogP contribution in [0.5, 0.6) is 11.5 Å². The number of carbonyl (C=O) groups is 1. The largest absolute Gasteiger partial charge is 0.513 e. The van der Waals surface area contributed by atoms with Gasteiger partial charge in [-0.15, -0.1) is 0 Å². The zero-order chi connectivity index (χ0) is 25.6. The van der Waals surface area contributed by atoms with Crippen molar-refractivity contribution in [3.63, 3.8) is 0 Å². The molecular formula is C25H30N2O7P+. The summed E-state index contributed by atoms with van der Waals surface area (Å²) >= 11 is 0. The van der Waals surface area contributed by atoms with Crippen molar-refractivity contribution in [1.82, 2.24) is 5.09 Å². The summed E-state index contributed by atoms with van der Waals surface area (Å²) in [7, 11) is -2.92. The Kier molecular flexibility index (Phi) is 8.14. The Balaban J connectivity index is 1.89. The minimum absolute atomic E-state index is 0.157. The number of nitrogens with zero attached hydrogens (tertiary/aromatic N) is 1. The summed E-state index contributed by atoms with van der Waals surface area (Å²) in [6, 6.07) is 17.6. The number of rotatable bonds is 10. The molecule has 0 saturated carbocycles. The number of benzene rings is 3. The lowest BCUT2D eigenvalue weighted by molar-refractivity contribution is -0.736. The highest BCUT2D eigenvalue weighted by Crippen LogP contribution is 2.47. The highest BCUT2D eigenvalue weighted by Gasteiger charge is 2.35. The van der Waals surface area contributed by atoms with Crippen LogP contribution in [0.25, 0.3) is 10.8 Å². The summed E-state index contributed by atoms with van der Waals surface area (Å²) < 4.78 is 30.9. The summed E-state index contributed by atoms with van der Waals surface area (Å²) in [5, 5.41) is 4.29. The molecule has 9 nitrogen and oxygen atoms in total. The first-order chi connectivity index (χ1) is 16.5. The maximum atomic E-state index is 13.9. The van der Waals surface area contributed by atoms with Crippen LogP contribution < -0.4 is 14.1 Å². The normalized spacial score (nSPS) is 14.0. The zero-order valence-electron chi connectivity index (χ0n) is 20.4. The molecule has 0 aliphatic heterocycles. The summed E-state index contributed by atoms with van der Waals surface area (Å²) in [6.45, 7) is 7.52. The van der Waals surface area contributed by atoms with E-state index in [0.29, 0.717) is 10.7 Å². The molecule has 0 saturated heterocycles. The number of hydrogen-bond donors (Lipinski definition) is 1. The smallest absolute Gasteiger partial charge is 0.464 e. The fraction of sp³-hybridized carbons (Fsp3) is 0.320. The predicted octanol–water partition coefficient (Wildman–Crippen LogP) is 5.94. The molecule has 35 heavy (non-hydrogen) atoms. The third-order valence-corrected chi connectivity index (χ3v) is 6.35. The van der Waals surface area contributed by atoms with Crippen molar-refractivity contribution in [2.24, 2.45) is 5.41 Å². The number of nitrogens with one attached hydrogen (secondary N) is 1. The van der Waals surface area contributed by atoms with E-state index in [9.17, 15) is 14.3 Å². The van der Waals surface area contributed by atoms with Crippen LogP contribution in [0.15, 0.2) is 66.7 Å². The fourth-order valence-corrected chi connectivity index (χ4v) is 4.59. The molecule has 1 N–H and O–H groups in total. The maximum absolute atomic E-state index is 13.9. The molecule has 2 unspecified atom stereocenters. The first kappa shape index (κ1) is 26.2. The number of ether oxygens (including phenoxy) is 1. The van der Waals surface area contributed by atoms with Gasteiger partial charge in [0.2, 0.25) is 0 Å². The van der Waals surface area contributed by atoms with E-state index in [0.717, 1.165) is 10.8 Å². The van der Waals surface area contributed by atoms with E-state index < -0.39 is 19.8 Å². The third kappa shape index (κ3) is 7.28. The van der Waals surface area contributed by atoms with Gasteiger partial charge in [-0.3, -0.25) is 4.79 Å². The van der Waals surface area contributed by atoms with E-state index in [1.165, 1.54) is 38.3 Å². The average molecular weight is 501 g/mol. The number of carbonyl (C=O) groups excluding carboxylic acids is 1. The fourth-order valence-electron chi connectivity index (χ4n) is 3.05. The lowest BCUT2D eigenvalue weighted by atomic mass is 9.99. The molecule has 0 aromatic heterocycles. The van der Waals surface area contributed by atoms with Gasteiger partial charge in [-0.2, -0.15) is 5.09 Å². The monoisotopic (exact) mass is 501 g/mol. The van der Waals surface area contributed by atoms with E-state index in [-0.39, 0.29) is 23.5 Å². The molecule has 10 heteroatoms. The number of hydrogen-bond acceptors (Lipinski definition) is 7. The Morgan fingerprint density at radius 1 is 1.00 bits per heavy atom. The van der Waals surface area contributed by atoms with Gasteiger partial charge < -0.3 is 13.8 Å². The molecule has 3 aromatic rings. The van der Waals surface area contributed by atoms with Gasteiger partial charge in [-0.1, -0.05) is 57.2 Å². The molecule has 3 rings (SSSR count). The van der Waals surface area contributed by atoms with Crippen molar-refractivity contribution in [1.29, 1.82) is 0 Å². The van der Waals surface area contributed by atoms with Gasteiger partial charge in [0.15, 0.2) is 7.11 Å². The quantitative estimate of drug-likeness (QED) is 0.207. The molecule has 0 fully saturated rings. The molecular weight excluding hydrogens is 471 g/mol. The van der Waals surface area contributed by atoms with Crippen molar-refractivity contribution >= 4 is 30.2 Å². The number of esters is 1. The topological polar surface area (TPSA) is 103 Å². The van der Waals surface area contributed by atoms with Crippen molar-refractivity contribution in [2.75, 3.05) is 13.7 Å². The number of fused-ring (bicyclic) bond motifs is 1. The van der Waals surface area contributed by atoms with E-state index in [1.54, 1.807) is 12.1 Å². The molecule has 0 aliphatic rings. The average Bonchev–Trinajstić information content (AvgIpc) is 2.82. The molecule has 0 spiro atoms. The van der Waals surface area contributed by atoms with E-state index >= 15 is 0 Å². The summed E-state index contributed by atoms with van der Waals surface area (Å²) in [5.41, 5.74) is -0.00855. The van der Waals surface area contributed by atoms with Crippen LogP contribution in [-0.4, -0.2) is 30.7 Å². The molecule has 0 bridgehead atoms. The third-order valence-electron chi connectivity index (χ3n) is 4.76. The van der Waals surface area contributed by atoms with Crippen LogP contribution in [0, 0.1) is 10.3 Å². The molecule has 3 aromatic carbocycles. The minimum atomic E-state index is -4.16. The second-order valence-corrected chi connectivity index (χ2v) is 10.7. The maximum Gasteiger partial charge on any atom is 0.513 e. The SMILES string of the molecule is CO[N+](=O)c1ccc(OP(=O)(NC(C)C(=O)OCC(C)(C)C)Oc2cccc3ccccc23)cc1. The van der Waals surface area contributed by atoms with Gasteiger partial charge in [0.25, 0.3) is 4.92 Å². The van der Waals surface area contributed by atoms with Crippen molar-refractivity contribution in [3.05, 3.63) is 71.6 Å². The van der Waals surface area contributed by atoms with Gasteiger partial charge in [-0.05, 0) is 35.9 Å². The van der Waals surface area contributed by atoms with E-state index in [1.807, 2.05) is 51.1 Å². The van der Waals surface area contributed by atoms with Crippen molar-refractivity contribution in [3.8, 4) is 11.5 Å². The Bertz CT molecular complexity index is 1230. The zero-order valence-corrected chi connectivity index (χ0v) is 21.3. The van der Waals surface area contributed by atoms with Gasteiger partial charge in [0, 0.05) is 17.5 Å². The van der Waals surface area contributed by atoms with Gasteiger partial charge in [0.1, 0.15) is 17.5 Å². The van der Waals surface area contributed by atoms with Crippen molar-refractivity contribution in [2.45, 2.75) is 33.7 Å². The minimum Gasteiger partial charge on any atom is -0.464 e. The lowest BCUT2D eigenvalue weighted by Crippen LogP contribution is -2.37. The van der Waals surface area contributed by atoms with Crippen LogP contribution >= 0.6 is 7.75 Å². The Morgan fingerprint density at radius 3 is 2.31 bits per heavy atom. The first-order valence-corrected chi connectivity index (χ1v) is 12.6. The predicted molar refractivity (Wildman–Crippen MR) is 133 cm³/mol. The first-order valence-electron chi connectivity index (χ1n) is 11.0. The van der Waals surface area contributed by atoms with Crippen LogP contribution in [0.1, 0.15) is 27.7 Å². The highest BCUT2D eigenvalue weighted by atomic mass is 31.2. The second-order valence-electron chi connectivity index (χ2n) is 9.11. The van der Waals surface area contributed by atoms with Gasteiger partial charge in [-0.25, -0.2) is 9.40 Å². The van der Waals surface area contributed by atoms with E-state index in [2.05, 4.69) is 9.92 Å². The molecule has 0 radical (unpaired) electrons. The highest BCUT2D eigenvalue weighted by molar-refractivity contribution is 7.52. The molecule has 186 valence electrons. The molecule has 2 atom stereocenters. The Morgan fingerprint density at radius 2 is 1.66 bits per heavy atom. The molecule has 0 aliphatic carbocycles. The Labute approximate surface area is 204 Å². The van der Waals surface area contributed by atoms with Gasteiger partial charge in [0.05, 0.1) is 11.5 Å². The van der Waals surface area contributed by atoms with E-state index in [4.69, 9.17) is 13.8 Å². The van der Waals surface area contributed by atoms with Crippen LogP contribution in [0.3, 0.4) is 0 Å². The molecule has 0 amide bonds.